The van der Waals surface area contributed by atoms with Crippen molar-refractivity contribution in [1.82, 2.24) is 9.97 Å². The Hall–Kier alpha value is -1.92. The van der Waals surface area contributed by atoms with Crippen molar-refractivity contribution >= 4 is 11.5 Å². The zero-order valence-electron chi connectivity index (χ0n) is 10.1. The number of nitrogens with zero attached hydrogens (tertiary/aromatic N) is 3. The van der Waals surface area contributed by atoms with E-state index in [0.717, 1.165) is 12.8 Å². The first-order valence-electron chi connectivity index (χ1n) is 5.43. The fraction of sp³-hybridized carbons (Fsp3) is 0.600. The Morgan fingerprint density at radius 1 is 1.59 bits per heavy atom. The van der Waals surface area contributed by atoms with Crippen LogP contribution in [0.3, 0.4) is 0 Å². The Labute approximate surface area is 99.4 Å². The van der Waals surface area contributed by atoms with Gasteiger partial charge in [-0.3, -0.25) is 10.1 Å². The molecule has 1 N–H and O–H groups in total. The van der Waals surface area contributed by atoms with E-state index in [0.29, 0.717) is 0 Å². The van der Waals surface area contributed by atoms with Crippen molar-refractivity contribution in [2.45, 2.75) is 32.8 Å². The maximum absolute atomic E-state index is 10.9. The molecule has 0 aromatic carbocycles. The molecule has 1 aromatic rings. The molecule has 0 saturated heterocycles. The molecule has 0 aliphatic heterocycles. The van der Waals surface area contributed by atoms with E-state index >= 15 is 0 Å². The molecular weight excluding hydrogens is 224 g/mol. The Morgan fingerprint density at radius 3 is 2.82 bits per heavy atom. The minimum Gasteiger partial charge on any atom is -0.470 e. The van der Waals surface area contributed by atoms with Crippen molar-refractivity contribution in [1.29, 1.82) is 0 Å². The molecule has 1 atom stereocenters. The Kier molecular flexibility index (Phi) is 4.62. The number of hydrogen-bond donors (Lipinski definition) is 1. The molecule has 7 heteroatoms. The summed E-state index contributed by atoms with van der Waals surface area (Å²) in [6.45, 7) is 3.88. The lowest BCUT2D eigenvalue weighted by molar-refractivity contribution is -0.385. The van der Waals surface area contributed by atoms with E-state index in [1.165, 1.54) is 6.33 Å². The van der Waals surface area contributed by atoms with Gasteiger partial charge in [-0.05, 0) is 13.3 Å². The number of nitrogens with one attached hydrogen (secondary N) is 1. The lowest BCUT2D eigenvalue weighted by Gasteiger charge is -2.13. The van der Waals surface area contributed by atoms with Crippen LogP contribution in [0.15, 0.2) is 6.33 Å². The minimum absolute atomic E-state index is 0.00954. The van der Waals surface area contributed by atoms with Crippen molar-refractivity contribution < 1.29 is 9.66 Å². The average Bonchev–Trinajstić information content (AvgIpc) is 2.28. The van der Waals surface area contributed by atoms with Gasteiger partial charge in [-0.15, -0.1) is 0 Å². The summed E-state index contributed by atoms with van der Waals surface area (Å²) in [4.78, 5) is 18.0. The molecule has 0 bridgehead atoms. The molecule has 0 fully saturated rings. The van der Waals surface area contributed by atoms with E-state index in [1.807, 2.05) is 13.8 Å². The van der Waals surface area contributed by atoms with E-state index in [1.54, 1.807) is 7.05 Å². The van der Waals surface area contributed by atoms with Gasteiger partial charge in [0, 0.05) is 7.05 Å². The fourth-order valence-electron chi connectivity index (χ4n) is 1.45. The topological polar surface area (TPSA) is 90.2 Å². The number of aromatic nitrogens is 2. The van der Waals surface area contributed by atoms with Crippen LogP contribution in [0.2, 0.25) is 0 Å². The summed E-state index contributed by atoms with van der Waals surface area (Å²) in [5, 5.41) is 13.6. The lowest BCUT2D eigenvalue weighted by atomic mass is 10.2. The van der Waals surface area contributed by atoms with Crippen LogP contribution in [0, 0.1) is 10.1 Å². The van der Waals surface area contributed by atoms with Gasteiger partial charge in [0.2, 0.25) is 5.82 Å². The molecule has 1 heterocycles. The molecule has 7 nitrogen and oxygen atoms in total. The van der Waals surface area contributed by atoms with E-state index in [2.05, 4.69) is 15.3 Å². The molecule has 0 spiro atoms. The summed E-state index contributed by atoms with van der Waals surface area (Å²) < 4.78 is 5.46. The molecule has 0 radical (unpaired) electrons. The largest absolute Gasteiger partial charge is 0.470 e. The van der Waals surface area contributed by atoms with E-state index in [9.17, 15) is 10.1 Å². The first-order chi connectivity index (χ1) is 8.10. The Bertz CT molecular complexity index is 397. The first-order valence-corrected chi connectivity index (χ1v) is 5.43. The molecule has 1 unspecified atom stereocenters. The molecule has 0 aliphatic carbocycles. The van der Waals surface area contributed by atoms with Crippen LogP contribution in [0.1, 0.15) is 26.7 Å². The van der Waals surface area contributed by atoms with Crippen LogP contribution in [0.25, 0.3) is 0 Å². The number of rotatable bonds is 6. The molecule has 0 amide bonds. The van der Waals surface area contributed by atoms with E-state index in [4.69, 9.17) is 4.74 Å². The van der Waals surface area contributed by atoms with Gasteiger partial charge >= 0.3 is 5.69 Å². The average molecular weight is 240 g/mol. The number of nitro groups is 1. The Morgan fingerprint density at radius 2 is 2.29 bits per heavy atom. The highest BCUT2D eigenvalue weighted by Crippen LogP contribution is 2.31. The second-order valence-corrected chi connectivity index (χ2v) is 3.60. The van der Waals surface area contributed by atoms with Crippen LogP contribution >= 0.6 is 0 Å². The maximum atomic E-state index is 10.9. The summed E-state index contributed by atoms with van der Waals surface area (Å²) >= 11 is 0. The van der Waals surface area contributed by atoms with Crippen LogP contribution in [0.4, 0.5) is 11.5 Å². The molecule has 0 aliphatic rings. The normalized spacial score (nSPS) is 11.9. The third kappa shape index (κ3) is 3.27. The van der Waals surface area contributed by atoms with Gasteiger partial charge in [-0.1, -0.05) is 13.3 Å². The molecule has 1 aromatic heterocycles. The summed E-state index contributed by atoms with van der Waals surface area (Å²) in [7, 11) is 1.56. The number of anilines is 1. The highest BCUT2D eigenvalue weighted by molar-refractivity contribution is 5.60. The minimum atomic E-state index is -0.542. The second-order valence-electron chi connectivity index (χ2n) is 3.60. The summed E-state index contributed by atoms with van der Waals surface area (Å²) in [6, 6.07) is 0. The summed E-state index contributed by atoms with van der Waals surface area (Å²) in [6.07, 6.45) is 2.89. The van der Waals surface area contributed by atoms with Crippen molar-refractivity contribution in [3.63, 3.8) is 0 Å². The van der Waals surface area contributed by atoms with Crippen LogP contribution in [0.5, 0.6) is 5.88 Å². The van der Waals surface area contributed by atoms with E-state index < -0.39 is 4.92 Å². The quantitative estimate of drug-likeness (QED) is 0.604. The molecule has 1 rings (SSSR count). The maximum Gasteiger partial charge on any atom is 0.372 e. The highest BCUT2D eigenvalue weighted by Gasteiger charge is 2.24. The predicted molar refractivity (Wildman–Crippen MR) is 63.2 cm³/mol. The van der Waals surface area contributed by atoms with Crippen molar-refractivity contribution in [3.05, 3.63) is 16.4 Å². The van der Waals surface area contributed by atoms with Crippen molar-refractivity contribution in [2.75, 3.05) is 12.4 Å². The van der Waals surface area contributed by atoms with Crippen LogP contribution < -0.4 is 10.1 Å². The number of ether oxygens (including phenoxy) is 1. The van der Waals surface area contributed by atoms with Gasteiger partial charge in [0.25, 0.3) is 5.88 Å². The van der Waals surface area contributed by atoms with Gasteiger partial charge in [-0.25, -0.2) is 4.98 Å². The smallest absolute Gasteiger partial charge is 0.372 e. The van der Waals surface area contributed by atoms with Crippen LogP contribution in [-0.4, -0.2) is 28.0 Å². The van der Waals surface area contributed by atoms with Gasteiger partial charge in [0.1, 0.15) is 6.33 Å². The summed E-state index contributed by atoms with van der Waals surface area (Å²) in [5.74, 6) is 0.166. The van der Waals surface area contributed by atoms with Gasteiger partial charge in [0.15, 0.2) is 0 Å². The zero-order chi connectivity index (χ0) is 12.8. The summed E-state index contributed by atoms with van der Waals surface area (Å²) in [5.41, 5.74) is -0.224. The molecular formula is C10H16N4O3. The standard InChI is InChI=1S/C10H16N4O3/c1-4-5-7(2)17-10-8(14(15)16)9(11-3)12-6-13-10/h6-7H,4-5H2,1-3H3,(H,11,12,13). The van der Waals surface area contributed by atoms with Crippen molar-refractivity contribution in [2.24, 2.45) is 0 Å². The van der Waals surface area contributed by atoms with Crippen LogP contribution in [-0.2, 0) is 0 Å². The van der Waals surface area contributed by atoms with Crippen molar-refractivity contribution in [3.8, 4) is 5.88 Å². The molecule has 0 saturated carbocycles. The van der Waals surface area contributed by atoms with E-state index in [-0.39, 0.29) is 23.5 Å². The molecule has 17 heavy (non-hydrogen) atoms. The molecule has 94 valence electrons. The Balaban J connectivity index is 3.02. The fourth-order valence-corrected chi connectivity index (χ4v) is 1.45. The number of hydrogen-bond acceptors (Lipinski definition) is 6. The third-order valence-corrected chi connectivity index (χ3v) is 2.22. The van der Waals surface area contributed by atoms with Gasteiger partial charge in [0.05, 0.1) is 11.0 Å². The second kappa shape index (κ2) is 5.97. The lowest BCUT2D eigenvalue weighted by Crippen LogP contribution is -2.14. The first kappa shape index (κ1) is 13.1. The van der Waals surface area contributed by atoms with Gasteiger partial charge < -0.3 is 10.1 Å². The predicted octanol–water partition coefficient (Wildman–Crippen LogP) is 1.99. The monoisotopic (exact) mass is 240 g/mol. The third-order valence-electron chi connectivity index (χ3n) is 2.22. The zero-order valence-corrected chi connectivity index (χ0v) is 10.1. The van der Waals surface area contributed by atoms with Gasteiger partial charge in [-0.2, -0.15) is 4.98 Å². The highest BCUT2D eigenvalue weighted by atomic mass is 16.6. The SMILES string of the molecule is CCCC(C)Oc1ncnc(NC)c1[N+](=O)[O-].